The third-order valence-electron chi connectivity index (χ3n) is 3.34. The summed E-state index contributed by atoms with van der Waals surface area (Å²) >= 11 is 7.84. The average molecular weight is 306 g/mol. The summed E-state index contributed by atoms with van der Waals surface area (Å²) in [6, 6.07) is 7.85. The van der Waals surface area contributed by atoms with E-state index < -0.39 is 0 Å². The van der Waals surface area contributed by atoms with Crippen molar-refractivity contribution in [2.45, 2.75) is 35.6 Å². The van der Waals surface area contributed by atoms with E-state index in [1.54, 1.807) is 11.8 Å². The van der Waals surface area contributed by atoms with Crippen LogP contribution in [0.4, 0.5) is 5.82 Å². The zero-order chi connectivity index (χ0) is 14.1. The minimum atomic E-state index is 0.535. The quantitative estimate of drug-likeness (QED) is 0.843. The molecule has 0 amide bonds. The first-order valence-corrected chi connectivity index (χ1v) is 7.87. The first kappa shape index (κ1) is 13.7. The molecule has 3 nitrogen and oxygen atoms in total. The molecule has 1 heterocycles. The fourth-order valence-corrected chi connectivity index (χ4v) is 3.17. The van der Waals surface area contributed by atoms with Gasteiger partial charge in [-0.05, 0) is 31.9 Å². The fraction of sp³-hybridized carbons (Fsp3) is 0.333. The first-order chi connectivity index (χ1) is 9.69. The molecule has 0 spiro atoms. The van der Waals surface area contributed by atoms with Gasteiger partial charge in [0.25, 0.3) is 0 Å². The van der Waals surface area contributed by atoms with Gasteiger partial charge in [-0.25, -0.2) is 9.97 Å². The number of nitrogens with zero attached hydrogens (tertiary/aromatic N) is 2. The van der Waals surface area contributed by atoms with Crippen molar-refractivity contribution in [1.82, 2.24) is 9.97 Å². The molecule has 1 aliphatic carbocycles. The predicted molar refractivity (Wildman–Crippen MR) is 83.9 cm³/mol. The number of rotatable bonds is 4. The predicted octanol–water partition coefficient (Wildman–Crippen LogP) is 4.51. The fourth-order valence-electron chi connectivity index (χ4n) is 2.01. The number of aromatic nitrogens is 2. The Bertz CT molecular complexity index is 641. The Morgan fingerprint density at radius 2 is 2.00 bits per heavy atom. The van der Waals surface area contributed by atoms with Gasteiger partial charge in [0.2, 0.25) is 0 Å². The lowest BCUT2D eigenvalue weighted by Gasteiger charge is -2.12. The largest absolute Gasteiger partial charge is 0.373 e. The van der Waals surface area contributed by atoms with E-state index in [1.807, 2.05) is 38.2 Å². The number of hydrogen-bond acceptors (Lipinski definition) is 4. The molecule has 0 atom stereocenters. The smallest absolute Gasteiger partial charge is 0.135 e. The monoisotopic (exact) mass is 305 g/mol. The molecule has 0 unspecified atom stereocenters. The van der Waals surface area contributed by atoms with Gasteiger partial charge in [-0.15, -0.1) is 0 Å². The van der Waals surface area contributed by atoms with Crippen LogP contribution >= 0.6 is 23.4 Å². The molecule has 0 bridgehead atoms. The van der Waals surface area contributed by atoms with Crippen LogP contribution in [0.3, 0.4) is 0 Å². The van der Waals surface area contributed by atoms with Crippen LogP contribution in [0, 0.1) is 6.92 Å². The van der Waals surface area contributed by atoms with Crippen LogP contribution < -0.4 is 5.32 Å². The first-order valence-electron chi connectivity index (χ1n) is 6.67. The summed E-state index contributed by atoms with van der Waals surface area (Å²) in [6.45, 7) is 2.04. The third kappa shape index (κ3) is 2.76. The van der Waals surface area contributed by atoms with Crippen LogP contribution in [0.1, 0.15) is 30.1 Å². The van der Waals surface area contributed by atoms with E-state index in [2.05, 4.69) is 10.3 Å². The number of hydrogen-bond donors (Lipinski definition) is 1. The molecule has 5 heteroatoms. The normalized spacial score (nSPS) is 14.3. The van der Waals surface area contributed by atoms with Gasteiger partial charge < -0.3 is 5.32 Å². The molecule has 104 valence electrons. The molecule has 1 aliphatic rings. The highest BCUT2D eigenvalue weighted by molar-refractivity contribution is 7.99. The van der Waals surface area contributed by atoms with Crippen LogP contribution in [0.25, 0.3) is 0 Å². The van der Waals surface area contributed by atoms with Crippen molar-refractivity contribution in [3.05, 3.63) is 40.7 Å². The molecule has 1 aromatic heterocycles. The Morgan fingerprint density at radius 3 is 2.65 bits per heavy atom. The minimum absolute atomic E-state index is 0.535. The van der Waals surface area contributed by atoms with Crippen molar-refractivity contribution >= 4 is 29.2 Å². The second-order valence-electron chi connectivity index (χ2n) is 4.92. The molecule has 2 aromatic rings. The number of benzene rings is 1. The van der Waals surface area contributed by atoms with Crippen molar-refractivity contribution in [2.75, 3.05) is 12.4 Å². The van der Waals surface area contributed by atoms with E-state index in [4.69, 9.17) is 16.6 Å². The Morgan fingerprint density at radius 1 is 1.25 bits per heavy atom. The summed E-state index contributed by atoms with van der Waals surface area (Å²) < 4.78 is 0. The highest BCUT2D eigenvalue weighted by Gasteiger charge is 2.28. The second-order valence-corrected chi connectivity index (χ2v) is 6.36. The maximum absolute atomic E-state index is 6.23. The lowest BCUT2D eigenvalue weighted by Crippen LogP contribution is -2.04. The van der Waals surface area contributed by atoms with Crippen LogP contribution in [0.2, 0.25) is 5.02 Å². The van der Waals surface area contributed by atoms with Crippen molar-refractivity contribution in [2.24, 2.45) is 0 Å². The topological polar surface area (TPSA) is 37.8 Å². The molecule has 1 aromatic carbocycles. The van der Waals surface area contributed by atoms with Gasteiger partial charge in [0, 0.05) is 23.4 Å². The molecule has 0 radical (unpaired) electrons. The number of halogens is 1. The van der Waals surface area contributed by atoms with E-state index in [1.165, 1.54) is 12.8 Å². The van der Waals surface area contributed by atoms with Gasteiger partial charge in [0.05, 0.1) is 5.02 Å². The minimum Gasteiger partial charge on any atom is -0.373 e. The maximum atomic E-state index is 6.23. The standard InChI is InChI=1S/C15H16ClN3S/c1-9-13(17-2)18-14(10-7-8-10)19-15(9)20-12-6-4-3-5-11(12)16/h3-6,10H,7-8H2,1-2H3,(H,17,18,19). The summed E-state index contributed by atoms with van der Waals surface area (Å²) in [5, 5.41) is 4.91. The molecule has 0 aliphatic heterocycles. The Labute approximate surface area is 128 Å². The summed E-state index contributed by atoms with van der Waals surface area (Å²) in [5.41, 5.74) is 1.07. The Balaban J connectivity index is 1.99. The van der Waals surface area contributed by atoms with E-state index in [-0.39, 0.29) is 0 Å². The molecule has 20 heavy (non-hydrogen) atoms. The van der Waals surface area contributed by atoms with Gasteiger partial charge in [0.1, 0.15) is 16.7 Å². The highest BCUT2D eigenvalue weighted by atomic mass is 35.5. The Hall–Kier alpha value is -1.26. The molecule has 0 saturated heterocycles. The lowest BCUT2D eigenvalue weighted by atomic mass is 10.3. The van der Waals surface area contributed by atoms with Crippen LogP contribution in [-0.2, 0) is 0 Å². The van der Waals surface area contributed by atoms with Crippen molar-refractivity contribution in [3.8, 4) is 0 Å². The van der Waals surface area contributed by atoms with Crippen LogP contribution in [-0.4, -0.2) is 17.0 Å². The molecular formula is C15H16ClN3S. The maximum Gasteiger partial charge on any atom is 0.135 e. The summed E-state index contributed by atoms with van der Waals surface area (Å²) in [7, 11) is 1.90. The van der Waals surface area contributed by atoms with Crippen molar-refractivity contribution < 1.29 is 0 Å². The molecule has 1 fully saturated rings. The number of nitrogens with one attached hydrogen (secondary N) is 1. The summed E-state index contributed by atoms with van der Waals surface area (Å²) in [4.78, 5) is 10.4. The molecule has 3 rings (SSSR count). The van der Waals surface area contributed by atoms with E-state index in [0.29, 0.717) is 5.92 Å². The lowest BCUT2D eigenvalue weighted by molar-refractivity contribution is 0.865. The van der Waals surface area contributed by atoms with Gasteiger partial charge >= 0.3 is 0 Å². The van der Waals surface area contributed by atoms with Gasteiger partial charge in [-0.1, -0.05) is 35.5 Å². The average Bonchev–Trinajstić information content (AvgIpc) is 3.28. The molecule has 1 N–H and O–H groups in total. The zero-order valence-corrected chi connectivity index (χ0v) is 13.1. The highest BCUT2D eigenvalue weighted by Crippen LogP contribution is 2.41. The van der Waals surface area contributed by atoms with Gasteiger partial charge in [-0.3, -0.25) is 0 Å². The van der Waals surface area contributed by atoms with Crippen LogP contribution in [0.5, 0.6) is 0 Å². The van der Waals surface area contributed by atoms with E-state index in [9.17, 15) is 0 Å². The van der Waals surface area contributed by atoms with Crippen LogP contribution in [0.15, 0.2) is 34.2 Å². The number of anilines is 1. The van der Waals surface area contributed by atoms with Crippen molar-refractivity contribution in [1.29, 1.82) is 0 Å². The molecular weight excluding hydrogens is 290 g/mol. The SMILES string of the molecule is CNc1nc(C2CC2)nc(Sc2ccccc2Cl)c1C. The third-order valence-corrected chi connectivity index (χ3v) is 4.95. The molecule has 1 saturated carbocycles. The Kier molecular flexibility index (Phi) is 3.85. The second kappa shape index (κ2) is 5.62. The zero-order valence-electron chi connectivity index (χ0n) is 11.5. The van der Waals surface area contributed by atoms with Gasteiger partial charge in [-0.2, -0.15) is 0 Å². The van der Waals surface area contributed by atoms with E-state index in [0.717, 1.165) is 32.1 Å². The van der Waals surface area contributed by atoms with Gasteiger partial charge in [0.15, 0.2) is 0 Å². The van der Waals surface area contributed by atoms with E-state index >= 15 is 0 Å². The van der Waals surface area contributed by atoms with Crippen molar-refractivity contribution in [3.63, 3.8) is 0 Å². The summed E-state index contributed by atoms with van der Waals surface area (Å²) in [6.07, 6.45) is 2.39. The summed E-state index contributed by atoms with van der Waals surface area (Å²) in [5.74, 6) is 2.40.